The molecule has 0 radical (unpaired) electrons. The van der Waals surface area contributed by atoms with Gasteiger partial charge in [-0.05, 0) is 49.7 Å². The Hall–Kier alpha value is -2.26. The first kappa shape index (κ1) is 14.7. The smallest absolute Gasteiger partial charge is 0.272 e. The maximum atomic E-state index is 12.7. The molecule has 0 unspecified atom stereocenters. The number of carbonyl (C=O) groups excluding carboxylic acids is 1. The molecule has 3 aromatic rings. The van der Waals surface area contributed by atoms with E-state index >= 15 is 0 Å². The lowest BCUT2D eigenvalue weighted by atomic mass is 10.1. The van der Waals surface area contributed by atoms with Crippen LogP contribution in [-0.2, 0) is 6.54 Å². The molecule has 0 atom stereocenters. The highest BCUT2D eigenvalue weighted by atomic mass is 35.5. The van der Waals surface area contributed by atoms with Crippen molar-refractivity contribution < 1.29 is 4.79 Å². The molecule has 3 nitrogen and oxygen atoms in total. The number of fused-ring (bicyclic) bond motifs is 1. The highest BCUT2D eigenvalue weighted by Crippen LogP contribution is 2.26. The summed E-state index contributed by atoms with van der Waals surface area (Å²) in [5, 5.41) is 4.71. The normalized spacial score (nSPS) is 10.9. The molecule has 0 aliphatic carbocycles. The van der Waals surface area contributed by atoms with Gasteiger partial charge in [0.2, 0.25) is 0 Å². The molecule has 0 aliphatic rings. The molecule has 0 saturated carbocycles. The van der Waals surface area contributed by atoms with Gasteiger partial charge in [-0.25, -0.2) is 0 Å². The summed E-state index contributed by atoms with van der Waals surface area (Å²) in [6.45, 7) is 4.79. The lowest BCUT2D eigenvalue weighted by molar-refractivity contribution is 0.101. The topological polar surface area (TPSA) is 34.0 Å². The summed E-state index contributed by atoms with van der Waals surface area (Å²) in [5.41, 5.74) is 3.54. The van der Waals surface area contributed by atoms with Crippen molar-refractivity contribution in [1.29, 1.82) is 0 Å². The van der Waals surface area contributed by atoms with Crippen LogP contribution in [0.4, 0.5) is 5.69 Å². The summed E-state index contributed by atoms with van der Waals surface area (Å²) in [7, 11) is 0. The Labute approximate surface area is 134 Å². The SMILES string of the molecule is CCn1c(C(=O)Nc2ccc(Cl)cc2)c(C)c2ccccc21. The molecular formula is C18H17ClN2O. The largest absolute Gasteiger partial charge is 0.337 e. The van der Waals surface area contributed by atoms with Gasteiger partial charge >= 0.3 is 0 Å². The van der Waals surface area contributed by atoms with Crippen molar-refractivity contribution in [2.45, 2.75) is 20.4 Å². The van der Waals surface area contributed by atoms with Gasteiger partial charge in [0.1, 0.15) is 5.69 Å². The lowest BCUT2D eigenvalue weighted by Gasteiger charge is -2.10. The molecular weight excluding hydrogens is 296 g/mol. The van der Waals surface area contributed by atoms with Gasteiger partial charge in [-0.2, -0.15) is 0 Å². The van der Waals surface area contributed by atoms with Crippen molar-refractivity contribution in [2.24, 2.45) is 0 Å². The van der Waals surface area contributed by atoms with Crippen LogP contribution in [0.1, 0.15) is 23.0 Å². The summed E-state index contributed by atoms with van der Waals surface area (Å²) in [5.74, 6) is -0.0992. The molecule has 0 aliphatic heterocycles. The molecule has 2 aromatic carbocycles. The number of hydrogen-bond donors (Lipinski definition) is 1. The fraction of sp³-hybridized carbons (Fsp3) is 0.167. The summed E-state index contributed by atoms with van der Waals surface area (Å²) in [4.78, 5) is 12.7. The number of rotatable bonds is 3. The maximum Gasteiger partial charge on any atom is 0.272 e. The van der Waals surface area contributed by atoms with Crippen LogP contribution >= 0.6 is 11.6 Å². The number of anilines is 1. The predicted octanol–water partition coefficient (Wildman–Crippen LogP) is 4.88. The minimum atomic E-state index is -0.0992. The Kier molecular flexibility index (Phi) is 3.90. The Morgan fingerprint density at radius 3 is 2.50 bits per heavy atom. The lowest BCUT2D eigenvalue weighted by Crippen LogP contribution is -2.17. The van der Waals surface area contributed by atoms with E-state index in [1.54, 1.807) is 24.3 Å². The Morgan fingerprint density at radius 1 is 1.14 bits per heavy atom. The van der Waals surface area contributed by atoms with Crippen molar-refractivity contribution in [3.63, 3.8) is 0 Å². The van der Waals surface area contributed by atoms with Crippen LogP contribution in [0.5, 0.6) is 0 Å². The Morgan fingerprint density at radius 2 is 1.82 bits per heavy atom. The first-order chi connectivity index (χ1) is 10.6. The van der Waals surface area contributed by atoms with E-state index in [1.807, 2.05) is 32.0 Å². The van der Waals surface area contributed by atoms with Gasteiger partial charge in [0.25, 0.3) is 5.91 Å². The second-order valence-corrected chi connectivity index (χ2v) is 5.63. The third-order valence-corrected chi connectivity index (χ3v) is 4.11. The standard InChI is InChI=1S/C18H17ClN2O/c1-3-21-16-7-5-4-6-15(16)12(2)17(21)18(22)20-14-10-8-13(19)9-11-14/h4-11H,3H2,1-2H3,(H,20,22). The molecule has 0 fully saturated rings. The van der Waals surface area contributed by atoms with Gasteiger partial charge in [-0.15, -0.1) is 0 Å². The van der Waals surface area contributed by atoms with Gasteiger partial charge in [-0.3, -0.25) is 4.79 Å². The monoisotopic (exact) mass is 312 g/mol. The van der Waals surface area contributed by atoms with Crippen LogP contribution < -0.4 is 5.32 Å². The van der Waals surface area contributed by atoms with Crippen molar-refractivity contribution >= 4 is 34.1 Å². The molecule has 0 saturated heterocycles. The number of aromatic nitrogens is 1. The van der Waals surface area contributed by atoms with Crippen molar-refractivity contribution in [2.75, 3.05) is 5.32 Å². The zero-order valence-electron chi connectivity index (χ0n) is 12.6. The number of para-hydroxylation sites is 1. The van der Waals surface area contributed by atoms with Gasteiger partial charge in [0.15, 0.2) is 0 Å². The number of nitrogens with zero attached hydrogens (tertiary/aromatic N) is 1. The van der Waals surface area contributed by atoms with Crippen LogP contribution in [0.15, 0.2) is 48.5 Å². The summed E-state index contributed by atoms with van der Waals surface area (Å²) < 4.78 is 2.05. The molecule has 22 heavy (non-hydrogen) atoms. The molecule has 1 amide bonds. The molecule has 112 valence electrons. The van der Waals surface area contributed by atoms with Crippen LogP contribution in [0.3, 0.4) is 0 Å². The van der Waals surface area contributed by atoms with E-state index in [9.17, 15) is 4.79 Å². The van der Waals surface area contributed by atoms with E-state index in [4.69, 9.17) is 11.6 Å². The summed E-state index contributed by atoms with van der Waals surface area (Å²) in [6, 6.07) is 15.2. The number of nitrogens with one attached hydrogen (secondary N) is 1. The average Bonchev–Trinajstić information content (AvgIpc) is 2.82. The summed E-state index contributed by atoms with van der Waals surface area (Å²) in [6.07, 6.45) is 0. The summed E-state index contributed by atoms with van der Waals surface area (Å²) >= 11 is 5.87. The molecule has 3 rings (SSSR count). The van der Waals surface area contributed by atoms with Gasteiger partial charge in [-0.1, -0.05) is 29.8 Å². The Bertz CT molecular complexity index is 834. The second kappa shape index (κ2) is 5.85. The quantitative estimate of drug-likeness (QED) is 0.735. The minimum Gasteiger partial charge on any atom is -0.337 e. The molecule has 4 heteroatoms. The molecule has 0 spiro atoms. The number of aryl methyl sites for hydroxylation is 2. The van der Waals surface area contributed by atoms with Crippen molar-refractivity contribution in [3.05, 3.63) is 64.8 Å². The number of amides is 1. The van der Waals surface area contributed by atoms with Crippen molar-refractivity contribution in [3.8, 4) is 0 Å². The predicted molar refractivity (Wildman–Crippen MR) is 91.8 cm³/mol. The molecule has 0 bridgehead atoms. The number of carbonyl (C=O) groups is 1. The number of hydrogen-bond acceptors (Lipinski definition) is 1. The minimum absolute atomic E-state index is 0.0992. The number of benzene rings is 2. The second-order valence-electron chi connectivity index (χ2n) is 5.20. The molecule has 1 heterocycles. The number of halogens is 1. The van der Waals surface area contributed by atoms with Crippen LogP contribution in [-0.4, -0.2) is 10.5 Å². The van der Waals surface area contributed by atoms with E-state index in [0.717, 1.165) is 28.7 Å². The zero-order chi connectivity index (χ0) is 15.7. The van der Waals surface area contributed by atoms with E-state index in [1.165, 1.54) is 0 Å². The fourth-order valence-corrected chi connectivity index (χ4v) is 2.95. The van der Waals surface area contributed by atoms with Gasteiger partial charge < -0.3 is 9.88 Å². The average molecular weight is 313 g/mol. The van der Waals surface area contributed by atoms with Crippen molar-refractivity contribution in [1.82, 2.24) is 4.57 Å². The third kappa shape index (κ3) is 2.48. The molecule has 1 N–H and O–H groups in total. The first-order valence-corrected chi connectivity index (χ1v) is 7.64. The third-order valence-electron chi connectivity index (χ3n) is 3.86. The van der Waals surface area contributed by atoms with E-state index < -0.39 is 0 Å². The Balaban J connectivity index is 2.03. The zero-order valence-corrected chi connectivity index (χ0v) is 13.3. The van der Waals surface area contributed by atoms with Gasteiger partial charge in [0.05, 0.1) is 0 Å². The van der Waals surface area contributed by atoms with E-state index in [0.29, 0.717) is 10.7 Å². The highest BCUT2D eigenvalue weighted by Gasteiger charge is 2.19. The van der Waals surface area contributed by atoms with Crippen LogP contribution in [0.25, 0.3) is 10.9 Å². The van der Waals surface area contributed by atoms with Crippen LogP contribution in [0.2, 0.25) is 5.02 Å². The fourth-order valence-electron chi connectivity index (χ4n) is 2.82. The van der Waals surface area contributed by atoms with E-state index in [-0.39, 0.29) is 5.91 Å². The van der Waals surface area contributed by atoms with E-state index in [2.05, 4.69) is 16.0 Å². The van der Waals surface area contributed by atoms with Crippen LogP contribution in [0, 0.1) is 6.92 Å². The van der Waals surface area contributed by atoms with Gasteiger partial charge in [0, 0.05) is 28.2 Å². The maximum absolute atomic E-state index is 12.7. The molecule has 1 aromatic heterocycles. The highest BCUT2D eigenvalue weighted by molar-refractivity contribution is 6.30. The first-order valence-electron chi connectivity index (χ1n) is 7.26.